The van der Waals surface area contributed by atoms with Crippen LogP contribution in [0, 0.1) is 11.3 Å². The number of nitrogens with zero attached hydrogens (tertiary/aromatic N) is 1. The van der Waals surface area contributed by atoms with Crippen LogP contribution < -0.4 is 0 Å². The highest BCUT2D eigenvalue weighted by Crippen LogP contribution is 2.17. The van der Waals surface area contributed by atoms with Crippen molar-refractivity contribution >= 4 is 27.5 Å². The van der Waals surface area contributed by atoms with Crippen LogP contribution in [0.5, 0.6) is 0 Å². The second-order valence-corrected chi connectivity index (χ2v) is 3.04. The predicted octanol–water partition coefficient (Wildman–Crippen LogP) is 3.11. The summed E-state index contributed by atoms with van der Waals surface area (Å²) in [7, 11) is 0. The fourth-order valence-electron chi connectivity index (χ4n) is 0.782. The Hall–Kier alpha value is -0.520. The molecule has 0 saturated heterocycles. The molecule has 0 unspecified atom stereocenters. The van der Waals surface area contributed by atoms with Crippen LogP contribution in [-0.2, 0) is 5.33 Å². The smallest absolute Gasteiger partial charge is 0.0994 e. The van der Waals surface area contributed by atoms with Crippen molar-refractivity contribution in [1.82, 2.24) is 0 Å². The van der Waals surface area contributed by atoms with E-state index in [0.29, 0.717) is 15.9 Å². The highest BCUT2D eigenvalue weighted by atomic mass is 79.9. The van der Waals surface area contributed by atoms with E-state index in [0.717, 1.165) is 5.56 Å². The zero-order valence-corrected chi connectivity index (χ0v) is 7.98. The first-order valence-electron chi connectivity index (χ1n) is 3.02. The molecule has 0 aromatic heterocycles. The van der Waals surface area contributed by atoms with Crippen molar-refractivity contribution in [2.45, 2.75) is 5.33 Å². The van der Waals surface area contributed by atoms with Crippen molar-refractivity contribution < 1.29 is 0 Å². The number of rotatable bonds is 1. The maximum atomic E-state index is 8.63. The normalized spacial score (nSPS) is 9.18. The van der Waals surface area contributed by atoms with Gasteiger partial charge in [0.2, 0.25) is 0 Å². The van der Waals surface area contributed by atoms with E-state index in [1.807, 2.05) is 0 Å². The molecule has 0 atom stereocenters. The minimum Gasteiger partial charge on any atom is -0.192 e. The van der Waals surface area contributed by atoms with E-state index in [-0.39, 0.29) is 0 Å². The zero-order chi connectivity index (χ0) is 8.27. The molecule has 3 heteroatoms. The Bertz CT molecular complexity index is 303. The van der Waals surface area contributed by atoms with Gasteiger partial charge < -0.3 is 0 Å². The number of hydrogen-bond donors (Lipinski definition) is 0. The summed E-state index contributed by atoms with van der Waals surface area (Å²) in [6.45, 7) is 0. The minimum atomic E-state index is 0.663. The molecule has 1 aromatic rings. The lowest BCUT2D eigenvalue weighted by Crippen LogP contribution is -1.84. The topological polar surface area (TPSA) is 23.8 Å². The van der Waals surface area contributed by atoms with Crippen molar-refractivity contribution in [3.8, 4) is 6.07 Å². The van der Waals surface area contributed by atoms with Crippen molar-refractivity contribution in [2.24, 2.45) is 0 Å². The van der Waals surface area contributed by atoms with Gasteiger partial charge in [0, 0.05) is 10.4 Å². The van der Waals surface area contributed by atoms with E-state index >= 15 is 0 Å². The standard InChI is InChI=1S/C8H5BrClN/c9-4-7-3-8(10)2-1-6(7)5-11/h1-3H,4H2. The van der Waals surface area contributed by atoms with Gasteiger partial charge in [-0.1, -0.05) is 27.5 Å². The SMILES string of the molecule is N#Cc1ccc(Cl)cc1CBr. The molecular weight excluding hydrogens is 225 g/mol. The van der Waals surface area contributed by atoms with E-state index in [9.17, 15) is 0 Å². The van der Waals surface area contributed by atoms with Crippen LogP contribution >= 0.6 is 27.5 Å². The van der Waals surface area contributed by atoms with Gasteiger partial charge in [0.05, 0.1) is 11.6 Å². The molecule has 1 aromatic carbocycles. The molecule has 0 aliphatic rings. The predicted molar refractivity (Wildman–Crippen MR) is 48.8 cm³/mol. The van der Waals surface area contributed by atoms with Gasteiger partial charge in [0.1, 0.15) is 0 Å². The molecule has 0 saturated carbocycles. The second-order valence-electron chi connectivity index (χ2n) is 2.05. The van der Waals surface area contributed by atoms with Crippen LogP contribution in [0.2, 0.25) is 5.02 Å². The van der Waals surface area contributed by atoms with Gasteiger partial charge >= 0.3 is 0 Å². The lowest BCUT2D eigenvalue weighted by Gasteiger charge is -1.98. The monoisotopic (exact) mass is 229 g/mol. The van der Waals surface area contributed by atoms with Crippen LogP contribution in [0.15, 0.2) is 18.2 Å². The fourth-order valence-corrected chi connectivity index (χ4v) is 1.44. The van der Waals surface area contributed by atoms with Crippen LogP contribution in [0.3, 0.4) is 0 Å². The quantitative estimate of drug-likeness (QED) is 0.680. The number of hydrogen-bond acceptors (Lipinski definition) is 1. The van der Waals surface area contributed by atoms with E-state index in [4.69, 9.17) is 16.9 Å². The average molecular weight is 230 g/mol. The third-order valence-corrected chi connectivity index (χ3v) is 2.17. The zero-order valence-electron chi connectivity index (χ0n) is 5.64. The largest absolute Gasteiger partial charge is 0.192 e. The molecule has 0 radical (unpaired) electrons. The minimum absolute atomic E-state index is 0.663. The van der Waals surface area contributed by atoms with E-state index in [1.54, 1.807) is 18.2 Å². The molecule has 0 aliphatic heterocycles. The van der Waals surface area contributed by atoms with Crippen molar-refractivity contribution in [1.29, 1.82) is 5.26 Å². The van der Waals surface area contributed by atoms with Crippen molar-refractivity contribution in [3.63, 3.8) is 0 Å². The molecular formula is C8H5BrClN. The fraction of sp³-hybridized carbons (Fsp3) is 0.125. The summed E-state index contributed by atoms with van der Waals surface area (Å²) in [6.07, 6.45) is 0. The third-order valence-electron chi connectivity index (χ3n) is 1.33. The maximum Gasteiger partial charge on any atom is 0.0994 e. The Morgan fingerprint density at radius 1 is 1.55 bits per heavy atom. The number of halogens is 2. The second kappa shape index (κ2) is 3.75. The molecule has 56 valence electrons. The Morgan fingerprint density at radius 3 is 2.82 bits per heavy atom. The summed E-state index contributed by atoms with van der Waals surface area (Å²) < 4.78 is 0. The van der Waals surface area contributed by atoms with Crippen LogP contribution in [0.25, 0.3) is 0 Å². The lowest BCUT2D eigenvalue weighted by molar-refractivity contribution is 1.37. The summed E-state index contributed by atoms with van der Waals surface area (Å²) in [4.78, 5) is 0. The molecule has 0 bridgehead atoms. The molecule has 0 heterocycles. The van der Waals surface area contributed by atoms with Crippen LogP contribution in [-0.4, -0.2) is 0 Å². The van der Waals surface area contributed by atoms with Gasteiger partial charge in [-0.05, 0) is 23.8 Å². The molecule has 11 heavy (non-hydrogen) atoms. The lowest BCUT2D eigenvalue weighted by atomic mass is 10.1. The summed E-state index contributed by atoms with van der Waals surface area (Å²) >= 11 is 9.00. The van der Waals surface area contributed by atoms with Crippen molar-refractivity contribution in [2.75, 3.05) is 0 Å². The van der Waals surface area contributed by atoms with Gasteiger partial charge in [-0.2, -0.15) is 5.26 Å². The molecule has 0 aliphatic carbocycles. The highest BCUT2D eigenvalue weighted by molar-refractivity contribution is 9.08. The van der Waals surface area contributed by atoms with Gasteiger partial charge in [-0.25, -0.2) is 0 Å². The van der Waals surface area contributed by atoms with Gasteiger partial charge in [0.25, 0.3) is 0 Å². The van der Waals surface area contributed by atoms with Crippen molar-refractivity contribution in [3.05, 3.63) is 34.3 Å². The molecule has 1 nitrogen and oxygen atoms in total. The number of alkyl halides is 1. The van der Waals surface area contributed by atoms with Gasteiger partial charge in [-0.15, -0.1) is 0 Å². The Morgan fingerprint density at radius 2 is 2.27 bits per heavy atom. The number of nitriles is 1. The number of benzene rings is 1. The maximum absolute atomic E-state index is 8.63. The average Bonchev–Trinajstić information content (AvgIpc) is 2.04. The summed E-state index contributed by atoms with van der Waals surface area (Å²) in [5.41, 5.74) is 1.60. The van der Waals surface area contributed by atoms with Gasteiger partial charge in [0.15, 0.2) is 0 Å². The van der Waals surface area contributed by atoms with E-state index in [1.165, 1.54) is 0 Å². The Kier molecular flexibility index (Phi) is 2.92. The van der Waals surface area contributed by atoms with Crippen LogP contribution in [0.4, 0.5) is 0 Å². The first-order valence-corrected chi connectivity index (χ1v) is 4.52. The summed E-state index contributed by atoms with van der Waals surface area (Å²) in [5.74, 6) is 0. The molecule has 0 N–H and O–H groups in total. The van der Waals surface area contributed by atoms with Crippen LogP contribution in [0.1, 0.15) is 11.1 Å². The highest BCUT2D eigenvalue weighted by Gasteiger charge is 1.99. The van der Waals surface area contributed by atoms with E-state index < -0.39 is 0 Å². The molecule has 1 rings (SSSR count). The first-order chi connectivity index (χ1) is 5.27. The van der Waals surface area contributed by atoms with Gasteiger partial charge in [-0.3, -0.25) is 0 Å². The molecule has 0 spiro atoms. The summed E-state index contributed by atoms with van der Waals surface area (Å²) in [5, 5.41) is 9.95. The summed E-state index contributed by atoms with van der Waals surface area (Å²) in [6, 6.07) is 7.31. The van der Waals surface area contributed by atoms with E-state index in [2.05, 4.69) is 22.0 Å². The molecule has 0 fully saturated rings. The Labute approximate surface area is 78.7 Å². The first kappa shape index (κ1) is 8.58. The Balaban J connectivity index is 3.19. The third kappa shape index (κ3) is 1.95. The molecule has 0 amide bonds.